The van der Waals surface area contributed by atoms with Gasteiger partial charge in [-0.1, -0.05) is 30.3 Å². The van der Waals surface area contributed by atoms with E-state index in [0.29, 0.717) is 18.1 Å². The van der Waals surface area contributed by atoms with Crippen molar-refractivity contribution >= 4 is 23.1 Å². The first-order chi connectivity index (χ1) is 12.6. The summed E-state index contributed by atoms with van der Waals surface area (Å²) in [5.74, 6) is 0.447. The first-order valence-corrected chi connectivity index (χ1v) is 8.61. The Balaban J connectivity index is 1.79. The number of para-hydroxylation sites is 1. The number of carbonyl (C=O) groups is 1. The molecular formula is C21H22N4O. The van der Waals surface area contributed by atoms with Gasteiger partial charge in [0.1, 0.15) is 11.5 Å². The molecule has 5 heteroatoms. The highest BCUT2D eigenvalue weighted by Gasteiger charge is 2.18. The molecule has 3 aromatic rings. The zero-order valence-corrected chi connectivity index (χ0v) is 15.2. The highest BCUT2D eigenvalue weighted by atomic mass is 16.2. The predicted octanol–water partition coefficient (Wildman–Crippen LogP) is 4.50. The van der Waals surface area contributed by atoms with Crippen LogP contribution in [0.4, 0.5) is 17.2 Å². The molecule has 3 rings (SSSR count). The summed E-state index contributed by atoms with van der Waals surface area (Å²) >= 11 is 0. The van der Waals surface area contributed by atoms with Crippen LogP contribution in [0.25, 0.3) is 0 Å². The molecule has 2 aromatic carbocycles. The third kappa shape index (κ3) is 3.88. The molecule has 0 fully saturated rings. The summed E-state index contributed by atoms with van der Waals surface area (Å²) in [4.78, 5) is 23.2. The predicted molar refractivity (Wildman–Crippen MR) is 105 cm³/mol. The SMILES string of the molecule is CCN(C(=O)c1cnc(Nc2ccccc2C)cn1)c1cccc(C)c1. The number of aryl methyl sites for hydroxylation is 2. The van der Waals surface area contributed by atoms with Crippen LogP contribution in [0.15, 0.2) is 60.9 Å². The number of amides is 1. The molecule has 0 radical (unpaired) electrons. The van der Waals surface area contributed by atoms with Crippen LogP contribution in [0.2, 0.25) is 0 Å². The summed E-state index contributed by atoms with van der Waals surface area (Å²) in [5.41, 5.74) is 4.38. The third-order valence-electron chi connectivity index (χ3n) is 4.15. The summed E-state index contributed by atoms with van der Waals surface area (Å²) in [7, 11) is 0. The van der Waals surface area contributed by atoms with Gasteiger partial charge in [-0.05, 0) is 50.1 Å². The zero-order valence-electron chi connectivity index (χ0n) is 15.2. The first-order valence-electron chi connectivity index (χ1n) is 8.61. The van der Waals surface area contributed by atoms with Crippen molar-refractivity contribution in [1.29, 1.82) is 0 Å². The second kappa shape index (κ2) is 7.78. The number of aromatic nitrogens is 2. The molecule has 0 saturated carbocycles. The Kier molecular flexibility index (Phi) is 5.27. The zero-order chi connectivity index (χ0) is 18.5. The molecule has 0 bridgehead atoms. The number of hydrogen-bond donors (Lipinski definition) is 1. The summed E-state index contributed by atoms with van der Waals surface area (Å²) in [6.45, 7) is 6.54. The summed E-state index contributed by atoms with van der Waals surface area (Å²) < 4.78 is 0. The van der Waals surface area contributed by atoms with Gasteiger partial charge in [0.25, 0.3) is 5.91 Å². The molecule has 132 valence electrons. The maximum Gasteiger partial charge on any atom is 0.278 e. The van der Waals surface area contributed by atoms with E-state index in [0.717, 1.165) is 22.5 Å². The third-order valence-corrected chi connectivity index (χ3v) is 4.15. The Bertz CT molecular complexity index is 906. The van der Waals surface area contributed by atoms with Crippen molar-refractivity contribution in [3.63, 3.8) is 0 Å². The van der Waals surface area contributed by atoms with Crippen molar-refractivity contribution in [1.82, 2.24) is 9.97 Å². The number of rotatable bonds is 5. The van der Waals surface area contributed by atoms with Crippen LogP contribution in [-0.4, -0.2) is 22.4 Å². The van der Waals surface area contributed by atoms with Gasteiger partial charge >= 0.3 is 0 Å². The topological polar surface area (TPSA) is 58.1 Å². The van der Waals surface area contributed by atoms with Crippen molar-refractivity contribution in [3.8, 4) is 0 Å². The van der Waals surface area contributed by atoms with Crippen molar-refractivity contribution in [2.75, 3.05) is 16.8 Å². The van der Waals surface area contributed by atoms with Gasteiger partial charge in [0.05, 0.1) is 12.4 Å². The summed E-state index contributed by atoms with van der Waals surface area (Å²) in [6, 6.07) is 15.8. The van der Waals surface area contributed by atoms with Gasteiger partial charge in [0.15, 0.2) is 0 Å². The first kappa shape index (κ1) is 17.6. The number of nitrogens with zero attached hydrogens (tertiary/aromatic N) is 3. The molecule has 5 nitrogen and oxygen atoms in total. The highest BCUT2D eigenvalue weighted by Crippen LogP contribution is 2.20. The number of anilines is 3. The van der Waals surface area contributed by atoms with Crippen LogP contribution in [-0.2, 0) is 0 Å². The van der Waals surface area contributed by atoms with Crippen molar-refractivity contribution in [2.24, 2.45) is 0 Å². The molecular weight excluding hydrogens is 324 g/mol. The van der Waals surface area contributed by atoms with Gasteiger partial charge in [0, 0.05) is 17.9 Å². The largest absolute Gasteiger partial charge is 0.339 e. The second-order valence-electron chi connectivity index (χ2n) is 6.12. The maximum absolute atomic E-state index is 12.8. The lowest BCUT2D eigenvalue weighted by Gasteiger charge is -2.21. The van der Waals surface area contributed by atoms with Gasteiger partial charge in [-0.3, -0.25) is 4.79 Å². The van der Waals surface area contributed by atoms with Crippen LogP contribution in [0.5, 0.6) is 0 Å². The lowest BCUT2D eigenvalue weighted by Crippen LogP contribution is -2.31. The molecule has 0 spiro atoms. The Labute approximate surface area is 153 Å². The quantitative estimate of drug-likeness (QED) is 0.739. The molecule has 0 aliphatic heterocycles. The fourth-order valence-electron chi connectivity index (χ4n) is 2.73. The van der Waals surface area contributed by atoms with E-state index in [1.54, 1.807) is 11.1 Å². The molecule has 0 unspecified atom stereocenters. The Morgan fingerprint density at radius 2 is 1.85 bits per heavy atom. The van der Waals surface area contributed by atoms with E-state index < -0.39 is 0 Å². The number of nitrogens with one attached hydrogen (secondary N) is 1. The van der Waals surface area contributed by atoms with Gasteiger partial charge in [-0.15, -0.1) is 0 Å². The van der Waals surface area contributed by atoms with Crippen molar-refractivity contribution < 1.29 is 4.79 Å². The minimum absolute atomic E-state index is 0.159. The van der Waals surface area contributed by atoms with Gasteiger partial charge < -0.3 is 10.2 Å². The minimum Gasteiger partial charge on any atom is -0.339 e. The second-order valence-corrected chi connectivity index (χ2v) is 6.12. The van der Waals surface area contributed by atoms with E-state index in [1.165, 1.54) is 6.20 Å². The van der Waals surface area contributed by atoms with Crippen LogP contribution in [0.3, 0.4) is 0 Å². The minimum atomic E-state index is -0.159. The number of hydrogen-bond acceptors (Lipinski definition) is 4. The van der Waals surface area contributed by atoms with E-state index in [4.69, 9.17) is 0 Å². The Morgan fingerprint density at radius 3 is 2.50 bits per heavy atom. The molecule has 0 saturated heterocycles. The molecule has 1 heterocycles. The van der Waals surface area contributed by atoms with E-state index >= 15 is 0 Å². The number of benzene rings is 2. The molecule has 0 aliphatic carbocycles. The van der Waals surface area contributed by atoms with Crippen LogP contribution < -0.4 is 10.2 Å². The molecule has 26 heavy (non-hydrogen) atoms. The highest BCUT2D eigenvalue weighted by molar-refractivity contribution is 6.04. The van der Waals surface area contributed by atoms with Crippen LogP contribution >= 0.6 is 0 Å². The van der Waals surface area contributed by atoms with Gasteiger partial charge in [-0.2, -0.15) is 0 Å². The lowest BCUT2D eigenvalue weighted by atomic mass is 10.2. The van der Waals surface area contributed by atoms with E-state index in [1.807, 2.05) is 69.3 Å². The molecule has 1 amide bonds. The normalized spacial score (nSPS) is 10.4. The summed E-state index contributed by atoms with van der Waals surface area (Å²) in [5, 5.41) is 3.22. The average molecular weight is 346 g/mol. The number of carbonyl (C=O) groups excluding carboxylic acids is 1. The van der Waals surface area contributed by atoms with Crippen LogP contribution in [0, 0.1) is 13.8 Å². The molecule has 0 atom stereocenters. The summed E-state index contributed by atoms with van der Waals surface area (Å²) in [6.07, 6.45) is 3.10. The monoisotopic (exact) mass is 346 g/mol. The average Bonchev–Trinajstić information content (AvgIpc) is 2.65. The van der Waals surface area contributed by atoms with Crippen molar-refractivity contribution in [3.05, 3.63) is 77.7 Å². The molecule has 0 aliphatic rings. The molecule has 1 N–H and O–H groups in total. The van der Waals surface area contributed by atoms with Gasteiger partial charge in [0.2, 0.25) is 0 Å². The van der Waals surface area contributed by atoms with Crippen LogP contribution in [0.1, 0.15) is 28.5 Å². The van der Waals surface area contributed by atoms with E-state index in [2.05, 4.69) is 15.3 Å². The van der Waals surface area contributed by atoms with Gasteiger partial charge in [-0.25, -0.2) is 9.97 Å². The fraction of sp³-hybridized carbons (Fsp3) is 0.190. The lowest BCUT2D eigenvalue weighted by molar-refractivity contribution is 0.0983. The Morgan fingerprint density at radius 1 is 1.04 bits per heavy atom. The van der Waals surface area contributed by atoms with E-state index in [-0.39, 0.29) is 5.91 Å². The Hall–Kier alpha value is -3.21. The van der Waals surface area contributed by atoms with Crippen molar-refractivity contribution in [2.45, 2.75) is 20.8 Å². The van der Waals surface area contributed by atoms with E-state index in [9.17, 15) is 4.79 Å². The maximum atomic E-state index is 12.8. The smallest absolute Gasteiger partial charge is 0.278 e. The standard InChI is InChI=1S/C21H22N4O/c1-4-25(17-10-7-8-15(2)12-17)21(26)19-13-23-20(14-22-19)24-18-11-6-5-9-16(18)3/h5-14H,4H2,1-3H3,(H,23,24). The fourth-order valence-corrected chi connectivity index (χ4v) is 2.73. The molecule has 1 aromatic heterocycles.